The molecule has 160 valence electrons. The molecule has 5 nitrogen and oxygen atoms in total. The predicted octanol–water partition coefficient (Wildman–Crippen LogP) is 4.83. The summed E-state index contributed by atoms with van der Waals surface area (Å²) in [6.07, 6.45) is 0.422. The molecular weight excluding hydrogens is 404 g/mol. The van der Waals surface area contributed by atoms with Crippen molar-refractivity contribution in [3.63, 3.8) is 0 Å². The van der Waals surface area contributed by atoms with Crippen LogP contribution in [0.25, 0.3) is 22.1 Å². The van der Waals surface area contributed by atoms with Crippen LogP contribution in [0.2, 0.25) is 0 Å². The van der Waals surface area contributed by atoms with E-state index in [0.29, 0.717) is 5.75 Å². The number of hydrogen-bond donors (Lipinski definition) is 2. The average molecular weight is 426 g/mol. The second-order valence-corrected chi connectivity index (χ2v) is 7.52. The molecule has 0 aliphatic rings. The van der Waals surface area contributed by atoms with Crippen LogP contribution in [0.4, 0.5) is 0 Å². The molecule has 0 saturated heterocycles. The molecule has 2 N–H and O–H groups in total. The van der Waals surface area contributed by atoms with Gasteiger partial charge in [-0.05, 0) is 42.3 Å². The van der Waals surface area contributed by atoms with Crippen molar-refractivity contribution in [2.75, 3.05) is 6.61 Å². The molecule has 0 aliphatic heterocycles. The Morgan fingerprint density at radius 1 is 1.06 bits per heavy atom. The fourth-order valence-corrected chi connectivity index (χ4v) is 3.35. The molecule has 0 bridgehead atoms. The van der Waals surface area contributed by atoms with Crippen LogP contribution in [-0.4, -0.2) is 28.9 Å². The number of benzene rings is 3. The van der Waals surface area contributed by atoms with Gasteiger partial charge in [0.2, 0.25) is 0 Å². The zero-order valence-corrected chi connectivity index (χ0v) is 17.5. The Balaban J connectivity index is 1.37. The maximum atomic E-state index is 10.7. The number of rotatable bonds is 6. The van der Waals surface area contributed by atoms with E-state index in [0.717, 1.165) is 33.2 Å². The van der Waals surface area contributed by atoms with E-state index in [1.165, 1.54) is 5.56 Å². The lowest BCUT2D eigenvalue weighted by Crippen LogP contribution is -2.21. The smallest absolute Gasteiger partial charge is 0.332 e. The molecule has 0 amide bonds. The van der Waals surface area contributed by atoms with E-state index in [1.54, 1.807) is 30.5 Å². The van der Waals surface area contributed by atoms with Crippen molar-refractivity contribution in [2.24, 2.45) is 0 Å². The number of furan rings is 1. The fourth-order valence-electron chi connectivity index (χ4n) is 3.35. The first kappa shape index (κ1) is 21.2. The van der Waals surface area contributed by atoms with Gasteiger partial charge in [-0.3, -0.25) is 0 Å². The van der Waals surface area contributed by atoms with Gasteiger partial charge in [0.1, 0.15) is 17.9 Å². The maximum absolute atomic E-state index is 10.7. The molecule has 1 unspecified atom stereocenters. The van der Waals surface area contributed by atoms with E-state index in [4.69, 9.17) is 14.3 Å². The third-order valence-electron chi connectivity index (χ3n) is 5.12. The van der Waals surface area contributed by atoms with Crippen molar-refractivity contribution in [1.82, 2.24) is 0 Å². The Labute approximate surface area is 185 Å². The molecule has 4 rings (SSSR count). The highest BCUT2D eigenvalue weighted by atomic mass is 16.5. The monoisotopic (exact) mass is 426 g/mol. The molecule has 0 aliphatic carbocycles. The summed E-state index contributed by atoms with van der Waals surface area (Å²) in [5, 5.41) is 19.2. The van der Waals surface area contributed by atoms with Crippen molar-refractivity contribution in [1.29, 1.82) is 0 Å². The van der Waals surface area contributed by atoms with E-state index in [9.17, 15) is 9.90 Å². The van der Waals surface area contributed by atoms with E-state index in [2.05, 4.69) is 43.0 Å². The van der Waals surface area contributed by atoms with Crippen molar-refractivity contribution in [3.05, 3.63) is 89.7 Å². The van der Waals surface area contributed by atoms with Crippen LogP contribution in [-0.2, 0) is 11.2 Å². The lowest BCUT2D eigenvalue weighted by molar-refractivity contribution is -0.146. The lowest BCUT2D eigenvalue weighted by atomic mass is 10.0. The molecule has 0 radical (unpaired) electrons. The number of carbonyl (C=O) groups is 1. The van der Waals surface area contributed by atoms with Gasteiger partial charge in [0.05, 0.1) is 6.26 Å². The number of fused-ring (bicyclic) bond motifs is 1. The summed E-state index contributed by atoms with van der Waals surface area (Å²) in [5.74, 6) is 5.42. The standard InChI is InChI=1S/C27H22O5/c1-18-4-10-21(11-5-18)24-17-32-26-16-22(12-13-23(24)26)31-14-2-3-19-6-8-20(9-7-19)15-25(28)27(29)30/h4-13,16-17,25,28H,14-15H2,1H3,(H,29,30). The van der Waals surface area contributed by atoms with Gasteiger partial charge in [0.15, 0.2) is 6.10 Å². The molecule has 1 atom stereocenters. The molecule has 0 saturated carbocycles. The Morgan fingerprint density at radius 2 is 1.81 bits per heavy atom. The fraction of sp³-hybridized carbons (Fsp3) is 0.148. The van der Waals surface area contributed by atoms with Gasteiger partial charge in [0, 0.05) is 29.0 Å². The topological polar surface area (TPSA) is 79.9 Å². The summed E-state index contributed by atoms with van der Waals surface area (Å²) in [5.41, 5.74) is 5.64. The second-order valence-electron chi connectivity index (χ2n) is 7.52. The van der Waals surface area contributed by atoms with Crippen LogP contribution in [0.5, 0.6) is 5.75 Å². The molecule has 32 heavy (non-hydrogen) atoms. The summed E-state index contributed by atoms with van der Waals surface area (Å²) in [4.78, 5) is 10.7. The summed E-state index contributed by atoms with van der Waals surface area (Å²) in [6.45, 7) is 2.28. The Hall–Kier alpha value is -4.01. The number of aliphatic hydroxyl groups excluding tert-OH is 1. The first-order valence-electron chi connectivity index (χ1n) is 10.2. The normalized spacial score (nSPS) is 11.6. The lowest BCUT2D eigenvalue weighted by Gasteiger charge is -2.05. The minimum absolute atomic E-state index is 0.0625. The van der Waals surface area contributed by atoms with Crippen molar-refractivity contribution >= 4 is 16.9 Å². The first-order valence-corrected chi connectivity index (χ1v) is 10.2. The third kappa shape index (κ3) is 5.00. The largest absolute Gasteiger partial charge is 0.481 e. The number of carboxylic acids is 1. The molecule has 0 spiro atoms. The molecule has 0 fully saturated rings. The molecule has 1 aromatic heterocycles. The van der Waals surface area contributed by atoms with Crippen molar-refractivity contribution in [3.8, 4) is 28.7 Å². The SMILES string of the molecule is Cc1ccc(-c2coc3cc(OCC#Cc4ccc(CC(O)C(=O)O)cc4)ccc23)cc1. The van der Waals surface area contributed by atoms with Gasteiger partial charge < -0.3 is 19.4 Å². The van der Waals surface area contributed by atoms with E-state index in [1.807, 2.05) is 18.2 Å². The van der Waals surface area contributed by atoms with Gasteiger partial charge in [-0.25, -0.2) is 4.79 Å². The van der Waals surface area contributed by atoms with Crippen molar-refractivity contribution in [2.45, 2.75) is 19.4 Å². The predicted molar refractivity (Wildman–Crippen MR) is 123 cm³/mol. The number of aliphatic hydroxyl groups is 1. The van der Waals surface area contributed by atoms with Crippen LogP contribution in [0.1, 0.15) is 16.7 Å². The third-order valence-corrected chi connectivity index (χ3v) is 5.12. The van der Waals surface area contributed by atoms with Gasteiger partial charge >= 0.3 is 5.97 Å². The molecular formula is C27H22O5. The first-order chi connectivity index (χ1) is 15.5. The number of aliphatic carboxylic acids is 1. The summed E-state index contributed by atoms with van der Waals surface area (Å²) in [6, 6.07) is 21.2. The number of ether oxygens (including phenoxy) is 1. The van der Waals surface area contributed by atoms with Crippen LogP contribution < -0.4 is 4.74 Å². The molecule has 3 aromatic carbocycles. The van der Waals surface area contributed by atoms with E-state index in [-0.39, 0.29) is 13.0 Å². The van der Waals surface area contributed by atoms with E-state index >= 15 is 0 Å². The summed E-state index contributed by atoms with van der Waals surface area (Å²) >= 11 is 0. The van der Waals surface area contributed by atoms with Crippen LogP contribution in [0.3, 0.4) is 0 Å². The number of aryl methyl sites for hydroxylation is 1. The summed E-state index contributed by atoms with van der Waals surface area (Å²) < 4.78 is 11.5. The highest BCUT2D eigenvalue weighted by Gasteiger charge is 2.13. The maximum Gasteiger partial charge on any atom is 0.332 e. The second kappa shape index (κ2) is 9.42. The Morgan fingerprint density at radius 3 is 2.53 bits per heavy atom. The molecule has 5 heteroatoms. The number of hydrogen-bond acceptors (Lipinski definition) is 4. The van der Waals surface area contributed by atoms with Crippen molar-refractivity contribution < 1.29 is 24.2 Å². The van der Waals surface area contributed by atoms with E-state index < -0.39 is 12.1 Å². The van der Waals surface area contributed by atoms with Gasteiger partial charge in [-0.1, -0.05) is 53.8 Å². The highest BCUT2D eigenvalue weighted by Crippen LogP contribution is 2.32. The minimum Gasteiger partial charge on any atom is -0.481 e. The quantitative estimate of drug-likeness (QED) is 0.432. The zero-order chi connectivity index (χ0) is 22.5. The molecule has 4 aromatic rings. The minimum atomic E-state index is -1.40. The van der Waals surface area contributed by atoms with Crippen LogP contribution in [0, 0.1) is 18.8 Å². The average Bonchev–Trinajstić information content (AvgIpc) is 3.21. The van der Waals surface area contributed by atoms with Gasteiger partial charge in [-0.2, -0.15) is 0 Å². The number of carboxylic acid groups (broad SMARTS) is 1. The van der Waals surface area contributed by atoms with Gasteiger partial charge in [0.25, 0.3) is 0 Å². The Bertz CT molecular complexity index is 1290. The van der Waals surface area contributed by atoms with Gasteiger partial charge in [-0.15, -0.1) is 0 Å². The zero-order valence-electron chi connectivity index (χ0n) is 17.5. The highest BCUT2D eigenvalue weighted by molar-refractivity contribution is 5.94. The van der Waals surface area contributed by atoms with Crippen LogP contribution in [0.15, 0.2) is 77.4 Å². The summed E-state index contributed by atoms with van der Waals surface area (Å²) in [7, 11) is 0. The molecule has 1 heterocycles. The Kier molecular flexibility index (Phi) is 6.25. The van der Waals surface area contributed by atoms with Crippen LogP contribution >= 0.6 is 0 Å².